The number of aryl methyl sites for hydroxylation is 1. The Labute approximate surface area is 128 Å². The van der Waals surface area contributed by atoms with Crippen molar-refractivity contribution in [3.8, 4) is 0 Å². The zero-order chi connectivity index (χ0) is 15.0. The highest BCUT2D eigenvalue weighted by Crippen LogP contribution is 2.25. The lowest BCUT2D eigenvalue weighted by Crippen LogP contribution is -2.36. The van der Waals surface area contributed by atoms with E-state index in [1.807, 2.05) is 24.1 Å². The molecular formula is C15H17ClN4O. The van der Waals surface area contributed by atoms with E-state index in [0.29, 0.717) is 17.2 Å². The van der Waals surface area contributed by atoms with Gasteiger partial charge in [0, 0.05) is 18.9 Å². The number of rotatable bonds is 3. The van der Waals surface area contributed by atoms with Gasteiger partial charge in [-0.3, -0.25) is 4.79 Å². The number of carbonyl (C=O) groups excluding carboxylic acids is 1. The minimum Gasteiger partial charge on any atom is -0.327 e. The fourth-order valence-electron chi connectivity index (χ4n) is 2.63. The normalized spacial score (nSPS) is 17.9. The molecule has 3 rings (SSSR count). The summed E-state index contributed by atoms with van der Waals surface area (Å²) in [6.45, 7) is 4.64. The van der Waals surface area contributed by atoms with Gasteiger partial charge in [-0.05, 0) is 18.9 Å². The predicted octanol–water partition coefficient (Wildman–Crippen LogP) is 2.87. The molecule has 110 valence electrons. The molecule has 0 spiro atoms. The molecule has 1 aliphatic rings. The van der Waals surface area contributed by atoms with Crippen molar-refractivity contribution in [1.82, 2.24) is 19.5 Å². The van der Waals surface area contributed by atoms with Crippen LogP contribution < -0.4 is 0 Å². The Morgan fingerprint density at radius 3 is 3.10 bits per heavy atom. The van der Waals surface area contributed by atoms with Crippen LogP contribution in [0.25, 0.3) is 5.65 Å². The molecule has 6 heteroatoms. The van der Waals surface area contributed by atoms with Crippen molar-refractivity contribution < 1.29 is 4.79 Å². The third-order valence-electron chi connectivity index (χ3n) is 3.65. The minimum atomic E-state index is -0.133. The third-order valence-corrected chi connectivity index (χ3v) is 4.00. The predicted molar refractivity (Wildman–Crippen MR) is 81.6 cm³/mol. The van der Waals surface area contributed by atoms with E-state index in [1.165, 1.54) is 0 Å². The van der Waals surface area contributed by atoms with Gasteiger partial charge in [0.05, 0.1) is 6.04 Å². The maximum absolute atomic E-state index is 12.7. The van der Waals surface area contributed by atoms with Crippen LogP contribution >= 0.6 is 11.6 Å². The maximum Gasteiger partial charge on any atom is 0.276 e. The summed E-state index contributed by atoms with van der Waals surface area (Å²) >= 11 is 6.29. The van der Waals surface area contributed by atoms with Crippen LogP contribution in [0.2, 0.25) is 5.02 Å². The Kier molecular flexibility index (Phi) is 3.68. The summed E-state index contributed by atoms with van der Waals surface area (Å²) in [6, 6.07) is 0.137. The number of hydrogen-bond acceptors (Lipinski definition) is 3. The summed E-state index contributed by atoms with van der Waals surface area (Å²) in [5.74, 6) is -0.133. The molecule has 3 heterocycles. The molecule has 2 aromatic rings. The lowest BCUT2D eigenvalue weighted by atomic mass is 10.1. The van der Waals surface area contributed by atoms with Gasteiger partial charge in [0.25, 0.3) is 5.91 Å². The van der Waals surface area contributed by atoms with Gasteiger partial charge >= 0.3 is 0 Å². The van der Waals surface area contributed by atoms with Gasteiger partial charge in [0.2, 0.25) is 0 Å². The lowest BCUT2D eigenvalue weighted by molar-refractivity contribution is 0.0738. The van der Waals surface area contributed by atoms with Crippen molar-refractivity contribution in [2.75, 3.05) is 6.54 Å². The molecule has 1 aliphatic heterocycles. The highest BCUT2D eigenvalue weighted by Gasteiger charge is 2.29. The smallest absolute Gasteiger partial charge is 0.276 e. The van der Waals surface area contributed by atoms with E-state index in [-0.39, 0.29) is 17.6 Å². The SMILES string of the molecule is CCCC1C=CCN1C(=O)c1nn2cc(C)cnc2c1Cl. The summed E-state index contributed by atoms with van der Waals surface area (Å²) in [5.41, 5.74) is 1.76. The topological polar surface area (TPSA) is 50.5 Å². The molecule has 21 heavy (non-hydrogen) atoms. The molecule has 1 unspecified atom stereocenters. The van der Waals surface area contributed by atoms with Crippen LogP contribution in [-0.2, 0) is 0 Å². The van der Waals surface area contributed by atoms with E-state index < -0.39 is 0 Å². The molecule has 1 atom stereocenters. The average Bonchev–Trinajstić information content (AvgIpc) is 3.04. The number of aromatic nitrogens is 3. The van der Waals surface area contributed by atoms with Gasteiger partial charge in [-0.25, -0.2) is 9.50 Å². The van der Waals surface area contributed by atoms with E-state index in [4.69, 9.17) is 11.6 Å². The number of fused-ring (bicyclic) bond motifs is 1. The molecule has 2 aromatic heterocycles. The third kappa shape index (κ3) is 2.42. The molecule has 1 amide bonds. The van der Waals surface area contributed by atoms with Crippen LogP contribution in [0.3, 0.4) is 0 Å². The first-order valence-electron chi connectivity index (χ1n) is 7.10. The number of hydrogen-bond donors (Lipinski definition) is 0. The Balaban J connectivity index is 1.96. The molecule has 0 saturated carbocycles. The highest BCUT2D eigenvalue weighted by molar-refractivity contribution is 6.36. The van der Waals surface area contributed by atoms with Crippen molar-refractivity contribution in [1.29, 1.82) is 0 Å². The van der Waals surface area contributed by atoms with Gasteiger partial charge in [-0.15, -0.1) is 0 Å². The zero-order valence-corrected chi connectivity index (χ0v) is 12.8. The van der Waals surface area contributed by atoms with E-state index in [2.05, 4.69) is 23.1 Å². The molecule has 0 N–H and O–H groups in total. The van der Waals surface area contributed by atoms with Crippen LogP contribution in [-0.4, -0.2) is 38.0 Å². The van der Waals surface area contributed by atoms with Gasteiger partial charge in [0.1, 0.15) is 5.02 Å². The fraction of sp³-hybridized carbons (Fsp3) is 0.400. The summed E-state index contributed by atoms with van der Waals surface area (Å²) in [4.78, 5) is 18.8. The first-order chi connectivity index (χ1) is 10.1. The molecule has 0 radical (unpaired) electrons. The van der Waals surface area contributed by atoms with Crippen LogP contribution in [0.4, 0.5) is 0 Å². The molecule has 0 aliphatic carbocycles. The van der Waals surface area contributed by atoms with E-state index >= 15 is 0 Å². The summed E-state index contributed by atoms with van der Waals surface area (Å²) in [7, 11) is 0. The zero-order valence-electron chi connectivity index (χ0n) is 12.1. The van der Waals surface area contributed by atoms with Gasteiger partial charge in [0.15, 0.2) is 11.3 Å². The first-order valence-corrected chi connectivity index (χ1v) is 7.47. The highest BCUT2D eigenvalue weighted by atomic mass is 35.5. The monoisotopic (exact) mass is 304 g/mol. The number of carbonyl (C=O) groups is 1. The number of halogens is 1. The van der Waals surface area contributed by atoms with Crippen molar-refractivity contribution >= 4 is 23.2 Å². The Morgan fingerprint density at radius 1 is 1.52 bits per heavy atom. The van der Waals surface area contributed by atoms with Crippen LogP contribution in [0.1, 0.15) is 35.8 Å². The van der Waals surface area contributed by atoms with Crippen molar-refractivity contribution in [2.45, 2.75) is 32.7 Å². The summed E-state index contributed by atoms with van der Waals surface area (Å²) in [6.07, 6.45) is 9.60. The first kappa shape index (κ1) is 14.1. The molecular weight excluding hydrogens is 288 g/mol. The summed E-state index contributed by atoms with van der Waals surface area (Å²) in [5, 5.41) is 4.64. The molecule has 5 nitrogen and oxygen atoms in total. The Bertz CT molecular complexity index is 722. The van der Waals surface area contributed by atoms with Crippen LogP contribution in [0, 0.1) is 6.92 Å². The van der Waals surface area contributed by atoms with Gasteiger partial charge < -0.3 is 4.90 Å². The second-order valence-corrected chi connectivity index (χ2v) is 5.68. The lowest BCUT2D eigenvalue weighted by Gasteiger charge is -2.23. The van der Waals surface area contributed by atoms with Gasteiger partial charge in [-0.1, -0.05) is 37.1 Å². The molecule has 0 bridgehead atoms. The average molecular weight is 305 g/mol. The molecule has 0 fully saturated rings. The van der Waals surface area contributed by atoms with Crippen molar-refractivity contribution in [3.63, 3.8) is 0 Å². The number of amides is 1. The second kappa shape index (κ2) is 5.48. The van der Waals surface area contributed by atoms with Gasteiger partial charge in [-0.2, -0.15) is 5.10 Å². The maximum atomic E-state index is 12.7. The van der Waals surface area contributed by atoms with Crippen molar-refractivity contribution in [3.05, 3.63) is 40.8 Å². The quantitative estimate of drug-likeness (QED) is 0.819. The Hall–Kier alpha value is -1.88. The van der Waals surface area contributed by atoms with Crippen LogP contribution in [0.5, 0.6) is 0 Å². The fourth-order valence-corrected chi connectivity index (χ4v) is 2.88. The van der Waals surface area contributed by atoms with Crippen molar-refractivity contribution in [2.24, 2.45) is 0 Å². The Morgan fingerprint density at radius 2 is 2.33 bits per heavy atom. The van der Waals surface area contributed by atoms with E-state index in [0.717, 1.165) is 18.4 Å². The number of nitrogens with zero attached hydrogens (tertiary/aromatic N) is 4. The molecule has 0 aromatic carbocycles. The standard InChI is InChI=1S/C15H17ClN4O/c1-3-5-11-6-4-7-19(11)15(21)13-12(16)14-17-8-10(2)9-20(14)18-13/h4,6,8-9,11H,3,5,7H2,1-2H3. The van der Waals surface area contributed by atoms with Crippen LogP contribution in [0.15, 0.2) is 24.5 Å². The van der Waals surface area contributed by atoms with E-state index in [1.54, 1.807) is 10.7 Å². The van der Waals surface area contributed by atoms with E-state index in [9.17, 15) is 4.79 Å². The molecule has 0 saturated heterocycles. The largest absolute Gasteiger partial charge is 0.327 e. The minimum absolute atomic E-state index is 0.133. The summed E-state index contributed by atoms with van der Waals surface area (Å²) < 4.78 is 1.57. The second-order valence-electron chi connectivity index (χ2n) is 5.30.